The van der Waals surface area contributed by atoms with E-state index in [4.69, 9.17) is 12.2 Å². The van der Waals surface area contributed by atoms with Gasteiger partial charge >= 0.3 is 0 Å². The summed E-state index contributed by atoms with van der Waals surface area (Å²) in [5.41, 5.74) is 4.69. The standard InChI is InChI=1S/C26H26N4S/c1-19(29-15-12-21(13-16-29)20-8-4-2-5-9-20)25(22-10-6-3-7-11-22)30-17-14-24-23(26(30)31)18-27-28-24/h2-11,14,17-18,21,25H,1,12-13,15-16H2,(H,27,28). The van der Waals surface area contributed by atoms with Gasteiger partial charge < -0.3 is 9.47 Å². The van der Waals surface area contributed by atoms with Crippen LogP contribution in [0.1, 0.15) is 35.9 Å². The van der Waals surface area contributed by atoms with Crippen molar-refractivity contribution in [3.8, 4) is 0 Å². The summed E-state index contributed by atoms with van der Waals surface area (Å²) in [5, 5.41) is 8.15. The Bertz CT molecular complexity index is 1230. The third kappa shape index (κ3) is 3.81. The van der Waals surface area contributed by atoms with Crippen LogP contribution in [0.3, 0.4) is 0 Å². The highest BCUT2D eigenvalue weighted by molar-refractivity contribution is 7.71. The van der Waals surface area contributed by atoms with Crippen molar-refractivity contribution >= 4 is 23.1 Å². The van der Waals surface area contributed by atoms with Crippen LogP contribution in [0.4, 0.5) is 0 Å². The molecule has 1 aliphatic rings. The summed E-state index contributed by atoms with van der Waals surface area (Å²) in [6.45, 7) is 6.58. The predicted molar refractivity (Wildman–Crippen MR) is 129 cm³/mol. The van der Waals surface area contributed by atoms with Crippen molar-refractivity contribution in [3.63, 3.8) is 0 Å². The average Bonchev–Trinajstić information content (AvgIpc) is 3.32. The summed E-state index contributed by atoms with van der Waals surface area (Å²) in [6.07, 6.45) is 6.14. The van der Waals surface area contributed by atoms with Gasteiger partial charge in [0.1, 0.15) is 4.64 Å². The van der Waals surface area contributed by atoms with E-state index in [2.05, 4.69) is 87.0 Å². The number of aromatic nitrogens is 3. The van der Waals surface area contributed by atoms with E-state index in [1.807, 2.05) is 18.3 Å². The van der Waals surface area contributed by atoms with Crippen molar-refractivity contribution in [2.24, 2.45) is 0 Å². The number of hydrogen-bond donors (Lipinski definition) is 1. The number of allylic oxidation sites excluding steroid dienone is 1. The SMILES string of the molecule is C=C(C(c1ccccc1)n1ccc2[nH]ncc2c1=S)N1CCC(c2ccccc2)CC1. The molecule has 1 aliphatic heterocycles. The first-order chi connectivity index (χ1) is 15.2. The van der Waals surface area contributed by atoms with Gasteiger partial charge in [0.25, 0.3) is 0 Å². The minimum atomic E-state index is -0.0405. The highest BCUT2D eigenvalue weighted by Gasteiger charge is 2.27. The molecule has 0 aliphatic carbocycles. The van der Waals surface area contributed by atoms with E-state index < -0.39 is 0 Å². The number of nitrogens with one attached hydrogen (secondary N) is 1. The van der Waals surface area contributed by atoms with Crippen LogP contribution >= 0.6 is 12.2 Å². The Labute approximate surface area is 187 Å². The fourth-order valence-electron chi connectivity index (χ4n) is 4.71. The Morgan fingerprint density at radius 2 is 1.68 bits per heavy atom. The molecule has 0 radical (unpaired) electrons. The van der Waals surface area contributed by atoms with Crippen LogP contribution in [0.5, 0.6) is 0 Å². The van der Waals surface area contributed by atoms with E-state index in [1.54, 1.807) is 0 Å². The topological polar surface area (TPSA) is 36.9 Å². The molecular formula is C26H26N4S. The molecule has 0 saturated carbocycles. The largest absolute Gasteiger partial charge is 0.373 e. The zero-order chi connectivity index (χ0) is 21.2. The van der Waals surface area contributed by atoms with E-state index >= 15 is 0 Å². The van der Waals surface area contributed by atoms with Crippen molar-refractivity contribution in [1.82, 2.24) is 19.7 Å². The summed E-state index contributed by atoms with van der Waals surface area (Å²) in [6, 6.07) is 23.4. The quantitative estimate of drug-likeness (QED) is 0.393. The van der Waals surface area contributed by atoms with Crippen molar-refractivity contribution in [2.45, 2.75) is 24.8 Å². The summed E-state index contributed by atoms with van der Waals surface area (Å²) in [7, 11) is 0. The lowest BCUT2D eigenvalue weighted by molar-refractivity contribution is 0.245. The lowest BCUT2D eigenvalue weighted by atomic mass is 9.88. The van der Waals surface area contributed by atoms with Crippen LogP contribution in [-0.2, 0) is 0 Å². The molecule has 1 N–H and O–H groups in total. The van der Waals surface area contributed by atoms with E-state index in [9.17, 15) is 0 Å². The maximum Gasteiger partial charge on any atom is 0.117 e. The summed E-state index contributed by atoms with van der Waals surface area (Å²) in [5.74, 6) is 0.616. The molecular weight excluding hydrogens is 400 g/mol. The third-order valence-electron chi connectivity index (χ3n) is 6.42. The number of hydrogen-bond acceptors (Lipinski definition) is 3. The van der Waals surface area contributed by atoms with Crippen LogP contribution in [-0.4, -0.2) is 32.8 Å². The van der Waals surface area contributed by atoms with E-state index in [1.165, 1.54) is 11.1 Å². The van der Waals surface area contributed by atoms with Gasteiger partial charge in [-0.3, -0.25) is 5.10 Å². The molecule has 2 aromatic carbocycles. The number of piperidine rings is 1. The van der Waals surface area contributed by atoms with Gasteiger partial charge in [0.05, 0.1) is 23.1 Å². The number of pyridine rings is 1. The number of H-pyrrole nitrogens is 1. The predicted octanol–water partition coefficient (Wildman–Crippen LogP) is 6.08. The minimum absolute atomic E-state index is 0.0405. The molecule has 0 spiro atoms. The fraction of sp³-hybridized carbons (Fsp3) is 0.231. The maximum absolute atomic E-state index is 5.87. The van der Waals surface area contributed by atoms with Crippen LogP contribution in [0, 0.1) is 4.64 Å². The average molecular weight is 427 g/mol. The number of rotatable bonds is 5. The molecule has 4 aromatic rings. The second kappa shape index (κ2) is 8.52. The molecule has 5 heteroatoms. The minimum Gasteiger partial charge on any atom is -0.373 e. The van der Waals surface area contributed by atoms with Crippen molar-refractivity contribution in [2.75, 3.05) is 13.1 Å². The Balaban J connectivity index is 1.45. The second-order valence-electron chi connectivity index (χ2n) is 8.20. The van der Waals surface area contributed by atoms with Crippen LogP contribution in [0.2, 0.25) is 0 Å². The van der Waals surface area contributed by atoms with E-state index in [-0.39, 0.29) is 6.04 Å². The van der Waals surface area contributed by atoms with Gasteiger partial charge in [-0.2, -0.15) is 5.10 Å². The third-order valence-corrected chi connectivity index (χ3v) is 6.85. The maximum atomic E-state index is 5.87. The van der Waals surface area contributed by atoms with Gasteiger partial charge in [-0.25, -0.2) is 0 Å². The van der Waals surface area contributed by atoms with Gasteiger partial charge in [0.2, 0.25) is 0 Å². The van der Waals surface area contributed by atoms with Gasteiger partial charge in [-0.15, -0.1) is 0 Å². The van der Waals surface area contributed by atoms with Gasteiger partial charge in [0, 0.05) is 25.0 Å². The first-order valence-corrected chi connectivity index (χ1v) is 11.2. The molecule has 0 bridgehead atoms. The molecule has 1 fully saturated rings. The lowest BCUT2D eigenvalue weighted by Gasteiger charge is -2.38. The monoisotopic (exact) mass is 426 g/mol. The molecule has 3 heterocycles. The zero-order valence-corrected chi connectivity index (χ0v) is 18.3. The molecule has 1 atom stereocenters. The summed E-state index contributed by atoms with van der Waals surface area (Å²) >= 11 is 5.87. The lowest BCUT2D eigenvalue weighted by Crippen LogP contribution is -2.35. The second-order valence-corrected chi connectivity index (χ2v) is 8.59. The molecule has 2 aromatic heterocycles. The number of likely N-dealkylation sites (tertiary alicyclic amines) is 1. The number of aromatic amines is 1. The van der Waals surface area contributed by atoms with Gasteiger partial charge in [0.15, 0.2) is 0 Å². The molecule has 1 unspecified atom stereocenters. The van der Waals surface area contributed by atoms with Crippen LogP contribution in [0.25, 0.3) is 10.9 Å². The first kappa shape index (κ1) is 19.8. The van der Waals surface area contributed by atoms with Crippen molar-refractivity contribution in [1.29, 1.82) is 0 Å². The van der Waals surface area contributed by atoms with Gasteiger partial charge in [-0.1, -0.05) is 79.5 Å². The van der Waals surface area contributed by atoms with Crippen molar-refractivity contribution in [3.05, 3.63) is 107 Å². The smallest absolute Gasteiger partial charge is 0.117 e. The summed E-state index contributed by atoms with van der Waals surface area (Å²) in [4.78, 5) is 2.44. The Hall–Kier alpha value is -3.18. The molecule has 0 amide bonds. The normalized spacial score (nSPS) is 15.8. The first-order valence-electron chi connectivity index (χ1n) is 10.8. The molecule has 4 nitrogen and oxygen atoms in total. The highest BCUT2D eigenvalue weighted by Crippen LogP contribution is 2.34. The summed E-state index contributed by atoms with van der Waals surface area (Å²) < 4.78 is 2.94. The molecule has 1 saturated heterocycles. The Kier molecular flexibility index (Phi) is 5.43. The van der Waals surface area contributed by atoms with Crippen LogP contribution in [0.15, 0.2) is 91.4 Å². The van der Waals surface area contributed by atoms with Gasteiger partial charge in [-0.05, 0) is 36.0 Å². The molecule has 5 rings (SSSR count). The van der Waals surface area contributed by atoms with Crippen LogP contribution < -0.4 is 0 Å². The van der Waals surface area contributed by atoms with E-state index in [0.717, 1.165) is 47.2 Å². The number of nitrogens with zero attached hydrogens (tertiary/aromatic N) is 3. The fourth-order valence-corrected chi connectivity index (χ4v) is 5.03. The van der Waals surface area contributed by atoms with E-state index in [0.29, 0.717) is 5.92 Å². The molecule has 31 heavy (non-hydrogen) atoms. The highest BCUT2D eigenvalue weighted by atomic mass is 32.1. The number of benzene rings is 2. The Morgan fingerprint density at radius 1 is 1.00 bits per heavy atom. The Morgan fingerprint density at radius 3 is 2.39 bits per heavy atom. The zero-order valence-electron chi connectivity index (χ0n) is 17.4. The molecule has 156 valence electrons. The van der Waals surface area contributed by atoms with Crippen molar-refractivity contribution < 1.29 is 0 Å². The number of fused-ring (bicyclic) bond motifs is 1.